The minimum Gasteiger partial charge on any atom is -0.477 e. The Labute approximate surface area is 118 Å². The molecule has 1 rings (SSSR count). The van der Waals surface area contributed by atoms with Crippen LogP contribution in [0.25, 0.3) is 0 Å². The summed E-state index contributed by atoms with van der Waals surface area (Å²) >= 11 is 0. The Morgan fingerprint density at radius 3 is 2.80 bits per heavy atom. The molecule has 0 saturated carbocycles. The van der Waals surface area contributed by atoms with Crippen LogP contribution in [-0.4, -0.2) is 30.6 Å². The Hall–Kier alpha value is -1.78. The summed E-state index contributed by atoms with van der Waals surface area (Å²) in [6.45, 7) is 2.57. The molecule has 0 unspecified atom stereocenters. The third kappa shape index (κ3) is 4.11. The molecule has 0 bridgehead atoms. The first kappa shape index (κ1) is 16.3. The molecule has 110 valence electrons. The number of nitrogens with zero attached hydrogens (tertiary/aromatic N) is 1. The van der Waals surface area contributed by atoms with Gasteiger partial charge in [-0.05, 0) is 18.9 Å². The van der Waals surface area contributed by atoms with E-state index < -0.39 is 16.0 Å². The van der Waals surface area contributed by atoms with E-state index >= 15 is 0 Å². The van der Waals surface area contributed by atoms with Crippen molar-refractivity contribution in [3.05, 3.63) is 18.0 Å². The fourth-order valence-electron chi connectivity index (χ4n) is 1.72. The zero-order valence-electron chi connectivity index (χ0n) is 11.3. The normalized spacial score (nSPS) is 11.2. The lowest BCUT2D eigenvalue weighted by Gasteiger charge is -2.03. The number of carbonyl (C=O) groups is 1. The molecular weight excluding hydrogens is 280 g/mol. The van der Waals surface area contributed by atoms with Crippen LogP contribution in [-0.2, 0) is 16.6 Å². The summed E-state index contributed by atoms with van der Waals surface area (Å²) in [6.07, 6.45) is 8.16. The van der Waals surface area contributed by atoms with Crippen LogP contribution in [0.15, 0.2) is 17.2 Å². The smallest absolute Gasteiger partial charge is 0.352 e. The fourth-order valence-corrected chi connectivity index (χ4v) is 2.83. The molecule has 0 fully saturated rings. The predicted octanol–water partition coefficient (Wildman–Crippen LogP) is 1.29. The molecule has 1 aromatic heterocycles. The summed E-state index contributed by atoms with van der Waals surface area (Å²) in [7, 11) is -3.70. The van der Waals surface area contributed by atoms with Gasteiger partial charge in [0.25, 0.3) is 0 Å². The fraction of sp³-hybridized carbons (Fsp3) is 0.462. The number of carboxylic acids is 1. The van der Waals surface area contributed by atoms with Crippen LogP contribution in [0.1, 0.15) is 36.7 Å². The van der Waals surface area contributed by atoms with Crippen molar-refractivity contribution in [3.63, 3.8) is 0 Å². The molecule has 0 aliphatic carbocycles. The van der Waals surface area contributed by atoms with Gasteiger partial charge < -0.3 is 9.67 Å². The average molecular weight is 298 g/mol. The van der Waals surface area contributed by atoms with Gasteiger partial charge in [-0.1, -0.05) is 6.92 Å². The molecular formula is C13H18N2O4S. The van der Waals surface area contributed by atoms with E-state index in [2.05, 4.69) is 10.6 Å². The van der Waals surface area contributed by atoms with Crippen LogP contribution in [0.5, 0.6) is 0 Å². The maximum absolute atomic E-state index is 12.0. The Bertz CT molecular complexity index is 611. The first-order valence-corrected chi connectivity index (χ1v) is 7.77. The van der Waals surface area contributed by atoms with Crippen molar-refractivity contribution in [1.29, 1.82) is 0 Å². The van der Waals surface area contributed by atoms with Gasteiger partial charge in [-0.25, -0.2) is 17.9 Å². The molecule has 0 saturated heterocycles. The number of terminal acetylenes is 1. The van der Waals surface area contributed by atoms with E-state index in [4.69, 9.17) is 11.5 Å². The Kier molecular flexibility index (Phi) is 5.80. The van der Waals surface area contributed by atoms with Gasteiger partial charge in [-0.3, -0.25) is 0 Å². The van der Waals surface area contributed by atoms with E-state index in [1.165, 1.54) is 16.8 Å². The minimum absolute atomic E-state index is 0.0316. The van der Waals surface area contributed by atoms with Crippen LogP contribution < -0.4 is 4.72 Å². The lowest BCUT2D eigenvalue weighted by molar-refractivity contribution is 0.0685. The number of hydrogen-bond donors (Lipinski definition) is 2. The Morgan fingerprint density at radius 2 is 2.25 bits per heavy atom. The highest BCUT2D eigenvalue weighted by Crippen LogP contribution is 2.15. The number of nitrogens with one attached hydrogen (secondary N) is 1. The number of aromatic nitrogens is 1. The summed E-state index contributed by atoms with van der Waals surface area (Å²) in [5.74, 6) is 1.28. The van der Waals surface area contributed by atoms with Crippen molar-refractivity contribution in [1.82, 2.24) is 9.29 Å². The number of rotatable bonds is 8. The van der Waals surface area contributed by atoms with Crippen LogP contribution >= 0.6 is 0 Å². The number of hydrogen-bond acceptors (Lipinski definition) is 3. The summed E-state index contributed by atoms with van der Waals surface area (Å²) in [5.41, 5.74) is -0.0316. The van der Waals surface area contributed by atoms with Gasteiger partial charge in [0.15, 0.2) is 0 Å². The molecule has 7 heteroatoms. The van der Waals surface area contributed by atoms with Gasteiger partial charge in [0.1, 0.15) is 10.6 Å². The van der Waals surface area contributed by atoms with Gasteiger partial charge in [0, 0.05) is 25.7 Å². The summed E-state index contributed by atoms with van der Waals surface area (Å²) in [6, 6.07) is 1.17. The SMILES string of the molecule is C#CCCCNS(=O)(=O)c1cc(C(=O)O)n(CCC)c1. The Morgan fingerprint density at radius 1 is 1.55 bits per heavy atom. The maximum Gasteiger partial charge on any atom is 0.352 e. The van der Waals surface area contributed by atoms with E-state index in [-0.39, 0.29) is 17.1 Å². The zero-order valence-corrected chi connectivity index (χ0v) is 12.1. The van der Waals surface area contributed by atoms with Crippen molar-refractivity contribution >= 4 is 16.0 Å². The molecule has 0 aliphatic rings. The summed E-state index contributed by atoms with van der Waals surface area (Å²) in [4.78, 5) is 11.0. The van der Waals surface area contributed by atoms with Crippen molar-refractivity contribution in [2.45, 2.75) is 37.6 Å². The zero-order chi connectivity index (χ0) is 15.2. The molecule has 0 amide bonds. The Balaban J connectivity index is 2.92. The van der Waals surface area contributed by atoms with E-state index in [9.17, 15) is 13.2 Å². The van der Waals surface area contributed by atoms with Crippen molar-refractivity contribution < 1.29 is 18.3 Å². The highest BCUT2D eigenvalue weighted by atomic mass is 32.2. The largest absolute Gasteiger partial charge is 0.477 e. The van der Waals surface area contributed by atoms with E-state index in [0.717, 1.165) is 0 Å². The molecule has 0 aromatic carbocycles. The predicted molar refractivity (Wildman–Crippen MR) is 74.9 cm³/mol. The topological polar surface area (TPSA) is 88.4 Å². The molecule has 2 N–H and O–H groups in total. The quantitative estimate of drug-likeness (QED) is 0.559. The number of unbranched alkanes of at least 4 members (excludes halogenated alkanes) is 1. The van der Waals surface area contributed by atoms with Gasteiger partial charge >= 0.3 is 5.97 Å². The van der Waals surface area contributed by atoms with E-state index in [0.29, 0.717) is 25.8 Å². The lowest BCUT2D eigenvalue weighted by atomic mass is 10.3. The molecule has 6 nitrogen and oxygen atoms in total. The number of aromatic carboxylic acids is 1. The average Bonchev–Trinajstić information content (AvgIpc) is 2.80. The van der Waals surface area contributed by atoms with Gasteiger partial charge in [0.2, 0.25) is 10.0 Å². The van der Waals surface area contributed by atoms with Crippen LogP contribution in [0.4, 0.5) is 0 Å². The molecule has 1 aromatic rings. The van der Waals surface area contributed by atoms with Crippen molar-refractivity contribution in [2.24, 2.45) is 0 Å². The number of carboxylic acid groups (broad SMARTS) is 1. The minimum atomic E-state index is -3.70. The third-order valence-electron chi connectivity index (χ3n) is 2.66. The standard InChI is InChI=1S/C13H18N2O4S/c1-3-5-6-7-14-20(18,19)11-9-12(13(16)17)15(10-11)8-4-2/h1,9-10,14H,4-8H2,2H3,(H,16,17). The summed E-state index contributed by atoms with van der Waals surface area (Å²) in [5, 5.41) is 9.06. The van der Waals surface area contributed by atoms with Gasteiger partial charge in [-0.15, -0.1) is 12.3 Å². The van der Waals surface area contributed by atoms with Crippen molar-refractivity contribution in [3.8, 4) is 12.3 Å². The lowest BCUT2D eigenvalue weighted by Crippen LogP contribution is -2.24. The maximum atomic E-state index is 12.0. The second-order valence-electron chi connectivity index (χ2n) is 4.27. The molecule has 0 aliphatic heterocycles. The molecule has 1 heterocycles. The number of aryl methyl sites for hydroxylation is 1. The van der Waals surface area contributed by atoms with Crippen LogP contribution in [0.2, 0.25) is 0 Å². The van der Waals surface area contributed by atoms with E-state index in [1.54, 1.807) is 0 Å². The van der Waals surface area contributed by atoms with Gasteiger partial charge in [0.05, 0.1) is 0 Å². The first-order valence-electron chi connectivity index (χ1n) is 6.29. The van der Waals surface area contributed by atoms with Crippen LogP contribution in [0.3, 0.4) is 0 Å². The second-order valence-corrected chi connectivity index (χ2v) is 6.03. The molecule has 0 spiro atoms. The summed E-state index contributed by atoms with van der Waals surface area (Å²) < 4.78 is 27.9. The highest BCUT2D eigenvalue weighted by molar-refractivity contribution is 7.89. The molecule has 20 heavy (non-hydrogen) atoms. The van der Waals surface area contributed by atoms with Crippen LogP contribution in [0, 0.1) is 12.3 Å². The molecule has 0 radical (unpaired) electrons. The third-order valence-corrected chi connectivity index (χ3v) is 4.08. The monoisotopic (exact) mass is 298 g/mol. The van der Waals surface area contributed by atoms with E-state index in [1.807, 2.05) is 6.92 Å². The molecule has 0 atom stereocenters. The highest BCUT2D eigenvalue weighted by Gasteiger charge is 2.20. The number of sulfonamides is 1. The second kappa shape index (κ2) is 7.12. The van der Waals surface area contributed by atoms with Gasteiger partial charge in [-0.2, -0.15) is 0 Å². The first-order chi connectivity index (χ1) is 9.42. The van der Waals surface area contributed by atoms with Crippen molar-refractivity contribution in [2.75, 3.05) is 6.54 Å².